The smallest absolute Gasteiger partial charge is 0.167 e. The lowest BCUT2D eigenvalue weighted by Gasteiger charge is -2.12. The minimum Gasteiger partial charge on any atom is -0.504 e. The molecule has 1 aromatic heterocycles. The van der Waals surface area contributed by atoms with Crippen molar-refractivity contribution in [1.29, 1.82) is 0 Å². The Balaban J connectivity index is 2.34. The molecule has 0 unspecified atom stereocenters. The molecule has 20 heavy (non-hydrogen) atoms. The molecule has 0 amide bonds. The van der Waals surface area contributed by atoms with Crippen molar-refractivity contribution >= 4 is 10.8 Å². The largest absolute Gasteiger partial charge is 0.504 e. The standard InChI is InChI=1S/C17H15NO2/c1-2-11-7-5-9-18-15(11)14-10-12-6-3-4-8-13(12)16(19)17(14)20/h3-10,19-20H,2H2,1H3. The van der Waals surface area contributed by atoms with E-state index in [9.17, 15) is 10.2 Å². The van der Waals surface area contributed by atoms with Gasteiger partial charge in [0.15, 0.2) is 11.5 Å². The molecule has 3 heteroatoms. The summed E-state index contributed by atoms with van der Waals surface area (Å²) in [5.74, 6) is -0.206. The fraction of sp³-hybridized carbons (Fsp3) is 0.118. The number of hydrogen-bond donors (Lipinski definition) is 2. The second kappa shape index (κ2) is 4.85. The molecule has 0 bridgehead atoms. The van der Waals surface area contributed by atoms with E-state index in [4.69, 9.17) is 0 Å². The van der Waals surface area contributed by atoms with Crippen LogP contribution in [0.1, 0.15) is 12.5 Å². The lowest BCUT2D eigenvalue weighted by atomic mass is 9.98. The minimum absolute atomic E-state index is 0.0918. The summed E-state index contributed by atoms with van der Waals surface area (Å²) in [5.41, 5.74) is 2.32. The fourth-order valence-corrected chi connectivity index (χ4v) is 2.46. The molecule has 2 aromatic carbocycles. The van der Waals surface area contributed by atoms with Crippen molar-refractivity contribution in [3.63, 3.8) is 0 Å². The van der Waals surface area contributed by atoms with Gasteiger partial charge in [-0.1, -0.05) is 37.3 Å². The molecular formula is C17H15NO2. The van der Waals surface area contributed by atoms with E-state index in [0.717, 1.165) is 17.4 Å². The molecule has 3 aromatic rings. The van der Waals surface area contributed by atoms with Gasteiger partial charge >= 0.3 is 0 Å². The molecule has 0 fully saturated rings. The van der Waals surface area contributed by atoms with E-state index in [2.05, 4.69) is 4.98 Å². The highest BCUT2D eigenvalue weighted by Crippen LogP contribution is 2.42. The van der Waals surface area contributed by atoms with Gasteiger partial charge in [-0.25, -0.2) is 0 Å². The zero-order chi connectivity index (χ0) is 14.1. The number of aromatic hydroxyl groups is 2. The summed E-state index contributed by atoms with van der Waals surface area (Å²) >= 11 is 0. The third-order valence-corrected chi connectivity index (χ3v) is 3.52. The van der Waals surface area contributed by atoms with Crippen molar-refractivity contribution in [3.8, 4) is 22.8 Å². The van der Waals surface area contributed by atoms with Crippen LogP contribution in [-0.2, 0) is 6.42 Å². The van der Waals surface area contributed by atoms with Gasteiger partial charge in [0.1, 0.15) is 0 Å². The Morgan fingerprint density at radius 2 is 1.80 bits per heavy atom. The first-order valence-electron chi connectivity index (χ1n) is 6.60. The number of aryl methyl sites for hydroxylation is 1. The van der Waals surface area contributed by atoms with Crippen molar-refractivity contribution in [3.05, 3.63) is 54.2 Å². The normalized spacial score (nSPS) is 10.8. The van der Waals surface area contributed by atoms with Gasteiger partial charge in [0.2, 0.25) is 0 Å². The monoisotopic (exact) mass is 265 g/mol. The molecule has 0 radical (unpaired) electrons. The molecule has 2 N–H and O–H groups in total. The van der Waals surface area contributed by atoms with Crippen LogP contribution in [0.25, 0.3) is 22.0 Å². The number of phenols is 2. The zero-order valence-corrected chi connectivity index (χ0v) is 11.2. The SMILES string of the molecule is CCc1cccnc1-c1cc2ccccc2c(O)c1O. The minimum atomic E-state index is -0.114. The maximum Gasteiger partial charge on any atom is 0.167 e. The van der Waals surface area contributed by atoms with E-state index in [1.807, 2.05) is 43.3 Å². The van der Waals surface area contributed by atoms with Gasteiger partial charge in [0, 0.05) is 17.1 Å². The Morgan fingerprint density at radius 3 is 2.60 bits per heavy atom. The molecule has 100 valence electrons. The summed E-state index contributed by atoms with van der Waals surface area (Å²) in [4.78, 5) is 4.36. The number of pyridine rings is 1. The summed E-state index contributed by atoms with van der Waals surface area (Å²) < 4.78 is 0. The highest BCUT2D eigenvalue weighted by molar-refractivity contribution is 5.96. The van der Waals surface area contributed by atoms with E-state index < -0.39 is 0 Å². The first kappa shape index (κ1) is 12.5. The molecule has 0 saturated heterocycles. The number of phenolic OH excluding ortho intramolecular Hbond substituents is 2. The molecule has 0 aliphatic carbocycles. The van der Waals surface area contributed by atoms with Gasteiger partial charge in [-0.3, -0.25) is 4.98 Å². The van der Waals surface area contributed by atoms with Crippen LogP contribution < -0.4 is 0 Å². The first-order valence-corrected chi connectivity index (χ1v) is 6.60. The van der Waals surface area contributed by atoms with Crippen LogP contribution >= 0.6 is 0 Å². The summed E-state index contributed by atoms with van der Waals surface area (Å²) in [7, 11) is 0. The number of rotatable bonds is 2. The maximum absolute atomic E-state index is 10.3. The predicted octanol–water partition coefficient (Wildman–Crippen LogP) is 3.88. The number of aromatic nitrogens is 1. The summed E-state index contributed by atoms with van der Waals surface area (Å²) in [5, 5.41) is 22.0. The molecule has 3 nitrogen and oxygen atoms in total. The van der Waals surface area contributed by atoms with Gasteiger partial charge in [-0.2, -0.15) is 0 Å². The van der Waals surface area contributed by atoms with Crippen molar-refractivity contribution < 1.29 is 10.2 Å². The van der Waals surface area contributed by atoms with E-state index in [1.165, 1.54) is 0 Å². The van der Waals surface area contributed by atoms with Crippen molar-refractivity contribution in [2.75, 3.05) is 0 Å². The topological polar surface area (TPSA) is 53.4 Å². The van der Waals surface area contributed by atoms with Crippen LogP contribution in [0.4, 0.5) is 0 Å². The highest BCUT2D eigenvalue weighted by Gasteiger charge is 2.15. The van der Waals surface area contributed by atoms with Gasteiger partial charge in [0.05, 0.1) is 5.69 Å². The summed E-state index contributed by atoms with van der Waals surface area (Å²) in [6.45, 7) is 2.04. The van der Waals surface area contributed by atoms with E-state index >= 15 is 0 Å². The van der Waals surface area contributed by atoms with Crippen molar-refractivity contribution in [2.24, 2.45) is 0 Å². The van der Waals surface area contributed by atoms with Crippen LogP contribution in [-0.4, -0.2) is 15.2 Å². The summed E-state index contributed by atoms with van der Waals surface area (Å²) in [6, 6.07) is 13.2. The predicted molar refractivity (Wildman–Crippen MR) is 79.9 cm³/mol. The molecule has 0 atom stereocenters. The molecule has 0 aliphatic rings. The second-order valence-corrected chi connectivity index (χ2v) is 4.71. The molecule has 3 rings (SSSR count). The van der Waals surface area contributed by atoms with Gasteiger partial charge < -0.3 is 10.2 Å². The van der Waals surface area contributed by atoms with E-state index in [-0.39, 0.29) is 11.5 Å². The number of nitrogens with zero attached hydrogens (tertiary/aromatic N) is 1. The quantitative estimate of drug-likeness (QED) is 0.691. The lowest BCUT2D eigenvalue weighted by molar-refractivity contribution is 0.409. The molecule has 0 aliphatic heterocycles. The second-order valence-electron chi connectivity index (χ2n) is 4.71. The van der Waals surface area contributed by atoms with Crippen LogP contribution in [0.3, 0.4) is 0 Å². The van der Waals surface area contributed by atoms with E-state index in [0.29, 0.717) is 16.6 Å². The molecule has 0 saturated carbocycles. The fourth-order valence-electron chi connectivity index (χ4n) is 2.46. The molecular weight excluding hydrogens is 250 g/mol. The highest BCUT2D eigenvalue weighted by atomic mass is 16.3. The van der Waals surface area contributed by atoms with Crippen molar-refractivity contribution in [2.45, 2.75) is 13.3 Å². The average Bonchev–Trinajstić information content (AvgIpc) is 2.51. The Morgan fingerprint density at radius 1 is 1.00 bits per heavy atom. The number of fused-ring (bicyclic) bond motifs is 1. The number of hydrogen-bond acceptors (Lipinski definition) is 3. The van der Waals surface area contributed by atoms with Gasteiger partial charge in [-0.15, -0.1) is 0 Å². The van der Waals surface area contributed by atoms with Gasteiger partial charge in [0.25, 0.3) is 0 Å². The third-order valence-electron chi connectivity index (χ3n) is 3.52. The Labute approximate surface area is 117 Å². The number of benzene rings is 2. The Hall–Kier alpha value is -2.55. The van der Waals surface area contributed by atoms with Crippen LogP contribution in [0, 0.1) is 0 Å². The van der Waals surface area contributed by atoms with Crippen molar-refractivity contribution in [1.82, 2.24) is 4.98 Å². The molecule has 1 heterocycles. The average molecular weight is 265 g/mol. The van der Waals surface area contributed by atoms with E-state index in [1.54, 1.807) is 12.3 Å². The third kappa shape index (κ3) is 1.88. The first-order chi connectivity index (χ1) is 9.72. The maximum atomic E-state index is 10.3. The lowest BCUT2D eigenvalue weighted by Crippen LogP contribution is -1.92. The summed E-state index contributed by atoms with van der Waals surface area (Å²) in [6.07, 6.45) is 2.51. The Kier molecular flexibility index (Phi) is 3.03. The zero-order valence-electron chi connectivity index (χ0n) is 11.2. The Bertz CT molecular complexity index is 781. The van der Waals surface area contributed by atoms with Crippen LogP contribution in [0.15, 0.2) is 48.7 Å². The molecule has 0 spiro atoms. The van der Waals surface area contributed by atoms with Crippen LogP contribution in [0.2, 0.25) is 0 Å². The van der Waals surface area contributed by atoms with Gasteiger partial charge in [-0.05, 0) is 29.5 Å². The van der Waals surface area contributed by atoms with Crippen LogP contribution in [0.5, 0.6) is 11.5 Å².